The fourth-order valence-corrected chi connectivity index (χ4v) is 3.35. The normalized spacial score (nSPS) is 14.2. The maximum absolute atomic E-state index is 14.3. The number of aromatic nitrogens is 1. The van der Waals surface area contributed by atoms with E-state index in [4.69, 9.17) is 4.74 Å². The van der Waals surface area contributed by atoms with E-state index in [2.05, 4.69) is 20.5 Å². The summed E-state index contributed by atoms with van der Waals surface area (Å²) >= 11 is 0. The number of nitrogens with zero attached hydrogens (tertiary/aromatic N) is 3. The molecule has 1 aliphatic heterocycles. The number of carbonyl (C=O) groups excluding carboxylic acids is 3. The molecular weight excluding hydrogens is 429 g/mol. The number of hydrogen-bond donors (Lipinski definition) is 2. The molecule has 1 aromatic heterocycles. The molecule has 33 heavy (non-hydrogen) atoms. The standard InChI is InChI=1S/C23H28FN5O4/c1-15(2)33-23(32)29-10-8-28(9-11-29)14-17-4-6-19(24)21(12-17)27-22(31)26-18-5-7-20(16(3)30)25-13-18/h4-7,12-13,15H,8-11,14H2,1-3H3,(H2,26,27,31). The van der Waals surface area contributed by atoms with Gasteiger partial charge in [0.2, 0.25) is 0 Å². The highest BCUT2D eigenvalue weighted by Crippen LogP contribution is 2.19. The Kier molecular flexibility index (Phi) is 7.94. The molecule has 0 radical (unpaired) electrons. The SMILES string of the molecule is CC(=O)c1ccc(NC(=O)Nc2cc(CN3CCN(C(=O)OC(C)C)CC3)ccc2F)cn1. The quantitative estimate of drug-likeness (QED) is 0.641. The van der Waals surface area contributed by atoms with Gasteiger partial charge in [-0.15, -0.1) is 0 Å². The first-order valence-corrected chi connectivity index (χ1v) is 10.7. The number of benzene rings is 1. The van der Waals surface area contributed by atoms with Crippen LogP contribution < -0.4 is 10.6 Å². The predicted octanol–water partition coefficient (Wildman–Crippen LogP) is 3.73. The van der Waals surface area contributed by atoms with Gasteiger partial charge in [0.1, 0.15) is 11.5 Å². The van der Waals surface area contributed by atoms with Gasteiger partial charge in [-0.3, -0.25) is 14.7 Å². The topological polar surface area (TPSA) is 104 Å². The van der Waals surface area contributed by atoms with Crippen LogP contribution in [0.3, 0.4) is 0 Å². The maximum atomic E-state index is 14.3. The van der Waals surface area contributed by atoms with Gasteiger partial charge in [0, 0.05) is 39.6 Å². The molecule has 1 aromatic carbocycles. The summed E-state index contributed by atoms with van der Waals surface area (Å²) in [5.41, 5.74) is 1.55. The highest BCUT2D eigenvalue weighted by Gasteiger charge is 2.23. The smallest absolute Gasteiger partial charge is 0.410 e. The molecule has 9 nitrogen and oxygen atoms in total. The van der Waals surface area contributed by atoms with Crippen LogP contribution in [0.5, 0.6) is 0 Å². The fraction of sp³-hybridized carbons (Fsp3) is 0.391. The van der Waals surface area contributed by atoms with Crippen molar-refractivity contribution in [3.8, 4) is 0 Å². The average molecular weight is 458 g/mol. The molecular formula is C23H28FN5O4. The van der Waals surface area contributed by atoms with Gasteiger partial charge in [0.05, 0.1) is 23.7 Å². The molecule has 0 saturated carbocycles. The number of pyridine rings is 1. The van der Waals surface area contributed by atoms with E-state index >= 15 is 0 Å². The van der Waals surface area contributed by atoms with Crippen molar-refractivity contribution in [3.05, 3.63) is 53.6 Å². The molecule has 2 N–H and O–H groups in total. The Bertz CT molecular complexity index is 1000. The second kappa shape index (κ2) is 10.9. The molecule has 1 fully saturated rings. The summed E-state index contributed by atoms with van der Waals surface area (Å²) in [6, 6.07) is 6.99. The number of hydrogen-bond acceptors (Lipinski definition) is 6. The molecule has 0 unspecified atom stereocenters. The minimum Gasteiger partial charge on any atom is -0.447 e. The number of Topliss-reactive ketones (excluding diaryl/α,β-unsaturated/α-hetero) is 1. The Hall–Kier alpha value is -3.53. The van der Waals surface area contributed by atoms with Gasteiger partial charge >= 0.3 is 12.1 Å². The molecule has 0 bridgehead atoms. The Morgan fingerprint density at radius 1 is 1.09 bits per heavy atom. The number of halogens is 1. The number of nitrogens with one attached hydrogen (secondary N) is 2. The molecule has 3 rings (SSSR count). The first-order chi connectivity index (χ1) is 15.7. The van der Waals surface area contributed by atoms with Gasteiger partial charge in [-0.2, -0.15) is 0 Å². The zero-order chi connectivity index (χ0) is 24.0. The van der Waals surface area contributed by atoms with Gasteiger partial charge in [0.15, 0.2) is 5.78 Å². The molecule has 0 spiro atoms. The Morgan fingerprint density at radius 3 is 2.42 bits per heavy atom. The number of ether oxygens (including phenoxy) is 1. The van der Waals surface area contributed by atoms with Crippen molar-refractivity contribution in [3.63, 3.8) is 0 Å². The zero-order valence-corrected chi connectivity index (χ0v) is 18.9. The van der Waals surface area contributed by atoms with Gasteiger partial charge in [-0.1, -0.05) is 6.07 Å². The highest BCUT2D eigenvalue weighted by molar-refractivity contribution is 6.00. The van der Waals surface area contributed by atoms with Crippen molar-refractivity contribution in [2.24, 2.45) is 0 Å². The van der Waals surface area contributed by atoms with Crippen LogP contribution in [0.25, 0.3) is 0 Å². The van der Waals surface area contributed by atoms with Crippen molar-refractivity contribution in [2.75, 3.05) is 36.8 Å². The van der Waals surface area contributed by atoms with E-state index < -0.39 is 11.8 Å². The van der Waals surface area contributed by atoms with Crippen molar-refractivity contribution in [1.82, 2.24) is 14.8 Å². The first-order valence-electron chi connectivity index (χ1n) is 10.7. The average Bonchev–Trinajstić information content (AvgIpc) is 2.76. The van der Waals surface area contributed by atoms with E-state index in [0.29, 0.717) is 38.4 Å². The third-order valence-corrected chi connectivity index (χ3v) is 5.03. The molecule has 1 aliphatic rings. The minimum absolute atomic E-state index is 0.0532. The van der Waals surface area contributed by atoms with E-state index in [1.165, 1.54) is 25.3 Å². The molecule has 2 heterocycles. The van der Waals surface area contributed by atoms with Crippen molar-refractivity contribution >= 4 is 29.3 Å². The number of ketones is 1. The lowest BCUT2D eigenvalue weighted by Gasteiger charge is -2.34. The zero-order valence-electron chi connectivity index (χ0n) is 18.9. The second-order valence-electron chi connectivity index (χ2n) is 8.08. The van der Waals surface area contributed by atoms with Crippen LogP contribution in [-0.2, 0) is 11.3 Å². The summed E-state index contributed by atoms with van der Waals surface area (Å²) < 4.78 is 19.5. The lowest BCUT2D eigenvalue weighted by molar-refractivity contribution is 0.0559. The molecule has 0 atom stereocenters. The summed E-state index contributed by atoms with van der Waals surface area (Å²) in [5, 5.41) is 5.07. The van der Waals surface area contributed by atoms with Crippen LogP contribution in [-0.4, -0.2) is 65.0 Å². The second-order valence-corrected chi connectivity index (χ2v) is 8.08. The van der Waals surface area contributed by atoms with Crippen LogP contribution >= 0.6 is 0 Å². The molecule has 0 aliphatic carbocycles. The monoisotopic (exact) mass is 457 g/mol. The van der Waals surface area contributed by atoms with Crippen molar-refractivity contribution < 1.29 is 23.5 Å². The number of amides is 3. The van der Waals surface area contributed by atoms with Crippen LogP contribution in [0.2, 0.25) is 0 Å². The van der Waals surface area contributed by atoms with Crippen LogP contribution in [0, 0.1) is 5.82 Å². The third-order valence-electron chi connectivity index (χ3n) is 5.03. The van der Waals surface area contributed by atoms with Gasteiger partial charge in [-0.05, 0) is 43.7 Å². The molecule has 176 valence electrons. The van der Waals surface area contributed by atoms with Crippen molar-refractivity contribution in [1.29, 1.82) is 0 Å². The van der Waals surface area contributed by atoms with Crippen LogP contribution in [0.1, 0.15) is 36.8 Å². The number of rotatable bonds is 6. The summed E-state index contributed by atoms with van der Waals surface area (Å²) in [7, 11) is 0. The lowest BCUT2D eigenvalue weighted by Crippen LogP contribution is -2.48. The Labute approximate surface area is 191 Å². The minimum atomic E-state index is -0.624. The maximum Gasteiger partial charge on any atom is 0.410 e. The molecule has 1 saturated heterocycles. The molecule has 3 amide bonds. The number of piperazine rings is 1. The summed E-state index contributed by atoms with van der Waals surface area (Å²) in [6.07, 6.45) is 0.892. The van der Waals surface area contributed by atoms with Gasteiger partial charge in [-0.25, -0.2) is 14.0 Å². The number of urea groups is 1. The summed E-state index contributed by atoms with van der Waals surface area (Å²) in [6.45, 7) is 8.02. The van der Waals surface area contributed by atoms with E-state index in [1.54, 1.807) is 23.1 Å². The van der Waals surface area contributed by atoms with E-state index in [0.717, 1.165) is 5.56 Å². The van der Waals surface area contributed by atoms with Crippen LogP contribution in [0.15, 0.2) is 36.5 Å². The number of carbonyl (C=O) groups is 3. The van der Waals surface area contributed by atoms with Gasteiger partial charge < -0.3 is 20.3 Å². The van der Waals surface area contributed by atoms with E-state index in [-0.39, 0.29) is 29.4 Å². The first kappa shape index (κ1) is 24.1. The third kappa shape index (κ3) is 6.98. The Balaban J connectivity index is 1.54. The highest BCUT2D eigenvalue weighted by atomic mass is 19.1. The largest absolute Gasteiger partial charge is 0.447 e. The van der Waals surface area contributed by atoms with Crippen molar-refractivity contribution in [2.45, 2.75) is 33.4 Å². The van der Waals surface area contributed by atoms with Crippen LogP contribution in [0.4, 0.5) is 25.4 Å². The Morgan fingerprint density at radius 2 is 1.82 bits per heavy atom. The predicted molar refractivity (Wildman–Crippen MR) is 122 cm³/mol. The fourth-order valence-electron chi connectivity index (χ4n) is 3.35. The van der Waals surface area contributed by atoms with E-state index in [1.807, 2.05) is 13.8 Å². The molecule has 2 aromatic rings. The number of anilines is 2. The summed E-state index contributed by atoms with van der Waals surface area (Å²) in [4.78, 5) is 43.4. The van der Waals surface area contributed by atoms with Gasteiger partial charge in [0.25, 0.3) is 0 Å². The van der Waals surface area contributed by atoms with E-state index in [9.17, 15) is 18.8 Å². The molecule has 10 heteroatoms. The summed E-state index contributed by atoms with van der Waals surface area (Å²) in [5.74, 6) is -0.734. The lowest BCUT2D eigenvalue weighted by atomic mass is 10.1.